The summed E-state index contributed by atoms with van der Waals surface area (Å²) in [5.41, 5.74) is 7.02. The van der Waals surface area contributed by atoms with Crippen molar-refractivity contribution in [2.75, 3.05) is 37.6 Å². The molecule has 1 aliphatic rings. The highest BCUT2D eigenvalue weighted by Crippen LogP contribution is 2.14. The minimum Gasteiger partial charge on any atom is -0.354 e. The smallest absolute Gasteiger partial charge is 0.128 e. The van der Waals surface area contributed by atoms with Crippen LogP contribution in [0.15, 0.2) is 18.3 Å². The van der Waals surface area contributed by atoms with Gasteiger partial charge in [-0.1, -0.05) is 13.0 Å². The van der Waals surface area contributed by atoms with Gasteiger partial charge in [-0.05, 0) is 31.5 Å². The van der Waals surface area contributed by atoms with E-state index >= 15 is 0 Å². The maximum atomic E-state index is 5.79. The van der Waals surface area contributed by atoms with Crippen LogP contribution >= 0.6 is 0 Å². The molecule has 0 bridgehead atoms. The summed E-state index contributed by atoms with van der Waals surface area (Å²) in [5.74, 6) is 1.10. The van der Waals surface area contributed by atoms with Crippen molar-refractivity contribution in [2.24, 2.45) is 5.73 Å². The van der Waals surface area contributed by atoms with E-state index in [0.29, 0.717) is 0 Å². The molecular weight excluding hydrogens is 224 g/mol. The molecule has 4 heteroatoms. The Labute approximate surface area is 110 Å². The fourth-order valence-corrected chi connectivity index (χ4v) is 2.39. The quantitative estimate of drug-likeness (QED) is 0.867. The van der Waals surface area contributed by atoms with Crippen LogP contribution in [0.4, 0.5) is 5.82 Å². The Hall–Kier alpha value is -1.13. The highest BCUT2D eigenvalue weighted by Gasteiger charge is 2.16. The Morgan fingerprint density at radius 2 is 2.00 bits per heavy atom. The van der Waals surface area contributed by atoms with Gasteiger partial charge in [-0.15, -0.1) is 0 Å². The SMILES string of the molecule is CCN1CCN(c2ccc(CC(C)N)cn2)CC1. The van der Waals surface area contributed by atoms with Gasteiger partial charge in [-0.2, -0.15) is 0 Å². The van der Waals surface area contributed by atoms with Crippen LogP contribution in [0.2, 0.25) is 0 Å². The van der Waals surface area contributed by atoms with Crippen LogP contribution < -0.4 is 10.6 Å². The predicted molar refractivity (Wildman–Crippen MR) is 75.9 cm³/mol. The molecule has 100 valence electrons. The van der Waals surface area contributed by atoms with Crippen LogP contribution in [0, 0.1) is 0 Å². The number of piperazine rings is 1. The number of hydrogen-bond donors (Lipinski definition) is 1. The first-order valence-corrected chi connectivity index (χ1v) is 6.87. The van der Waals surface area contributed by atoms with Crippen LogP contribution in [-0.4, -0.2) is 48.6 Å². The third kappa shape index (κ3) is 3.43. The topological polar surface area (TPSA) is 45.4 Å². The van der Waals surface area contributed by atoms with Gasteiger partial charge in [0, 0.05) is 38.4 Å². The Kier molecular flexibility index (Phi) is 4.55. The lowest BCUT2D eigenvalue weighted by Crippen LogP contribution is -2.46. The third-order valence-electron chi connectivity index (χ3n) is 3.51. The summed E-state index contributed by atoms with van der Waals surface area (Å²) in [5, 5.41) is 0. The summed E-state index contributed by atoms with van der Waals surface area (Å²) in [7, 11) is 0. The maximum absolute atomic E-state index is 5.79. The van der Waals surface area contributed by atoms with Gasteiger partial charge in [0.25, 0.3) is 0 Å². The molecule has 0 aliphatic carbocycles. The van der Waals surface area contributed by atoms with Crippen LogP contribution in [0.1, 0.15) is 19.4 Å². The molecule has 1 atom stereocenters. The lowest BCUT2D eigenvalue weighted by Gasteiger charge is -2.34. The second-order valence-corrected chi connectivity index (χ2v) is 5.13. The van der Waals surface area contributed by atoms with Gasteiger partial charge in [0.2, 0.25) is 0 Å². The zero-order valence-electron chi connectivity index (χ0n) is 11.5. The number of aromatic nitrogens is 1. The summed E-state index contributed by atoms with van der Waals surface area (Å²) in [6.07, 6.45) is 2.86. The van der Waals surface area contributed by atoms with Crippen LogP contribution in [0.3, 0.4) is 0 Å². The molecule has 2 rings (SSSR count). The van der Waals surface area contributed by atoms with E-state index in [1.165, 1.54) is 5.56 Å². The van der Waals surface area contributed by atoms with Gasteiger partial charge < -0.3 is 15.5 Å². The van der Waals surface area contributed by atoms with E-state index in [0.717, 1.165) is 45.0 Å². The number of likely N-dealkylation sites (N-methyl/N-ethyl adjacent to an activating group) is 1. The Morgan fingerprint density at radius 1 is 1.28 bits per heavy atom. The standard InChI is InChI=1S/C14H24N4/c1-3-17-6-8-18(9-7-17)14-5-4-13(11-16-14)10-12(2)15/h4-5,11-12H,3,6-10,15H2,1-2H3. The number of hydrogen-bond acceptors (Lipinski definition) is 4. The van der Waals surface area contributed by atoms with Gasteiger partial charge >= 0.3 is 0 Å². The molecule has 1 unspecified atom stereocenters. The number of pyridine rings is 1. The maximum Gasteiger partial charge on any atom is 0.128 e. The largest absolute Gasteiger partial charge is 0.354 e. The molecule has 4 nitrogen and oxygen atoms in total. The molecule has 18 heavy (non-hydrogen) atoms. The lowest BCUT2D eigenvalue weighted by atomic mass is 10.1. The predicted octanol–water partition coefficient (Wildman–Crippen LogP) is 1.11. The molecule has 1 saturated heterocycles. The average molecular weight is 248 g/mol. The molecule has 1 aromatic rings. The highest BCUT2D eigenvalue weighted by atomic mass is 15.3. The Morgan fingerprint density at radius 3 is 2.50 bits per heavy atom. The fraction of sp³-hybridized carbons (Fsp3) is 0.643. The van der Waals surface area contributed by atoms with Gasteiger partial charge in [0.1, 0.15) is 5.82 Å². The fourth-order valence-electron chi connectivity index (χ4n) is 2.39. The van der Waals surface area contributed by atoms with Crippen LogP contribution in [-0.2, 0) is 6.42 Å². The van der Waals surface area contributed by atoms with Gasteiger partial charge in [-0.25, -0.2) is 4.98 Å². The third-order valence-corrected chi connectivity index (χ3v) is 3.51. The van der Waals surface area contributed by atoms with Gasteiger partial charge in [0.15, 0.2) is 0 Å². The number of rotatable bonds is 4. The Balaban J connectivity index is 1.93. The molecule has 1 fully saturated rings. The van der Waals surface area contributed by atoms with E-state index < -0.39 is 0 Å². The van der Waals surface area contributed by atoms with Crippen LogP contribution in [0.5, 0.6) is 0 Å². The second-order valence-electron chi connectivity index (χ2n) is 5.13. The summed E-state index contributed by atoms with van der Waals surface area (Å²) in [6, 6.07) is 4.47. The normalized spacial score (nSPS) is 18.9. The van der Waals surface area contributed by atoms with Gasteiger partial charge in [-0.3, -0.25) is 0 Å². The van der Waals surface area contributed by atoms with E-state index in [1.807, 2.05) is 13.1 Å². The van der Waals surface area contributed by atoms with Gasteiger partial charge in [0.05, 0.1) is 0 Å². The molecule has 2 N–H and O–H groups in total. The first-order chi connectivity index (χ1) is 8.69. The summed E-state index contributed by atoms with van der Waals surface area (Å²) in [4.78, 5) is 9.39. The van der Waals surface area contributed by atoms with E-state index in [4.69, 9.17) is 5.73 Å². The number of nitrogens with zero attached hydrogens (tertiary/aromatic N) is 3. The minimum atomic E-state index is 0.200. The monoisotopic (exact) mass is 248 g/mol. The lowest BCUT2D eigenvalue weighted by molar-refractivity contribution is 0.270. The summed E-state index contributed by atoms with van der Waals surface area (Å²) in [6.45, 7) is 9.82. The van der Waals surface area contributed by atoms with Crippen molar-refractivity contribution in [1.82, 2.24) is 9.88 Å². The zero-order chi connectivity index (χ0) is 13.0. The van der Waals surface area contributed by atoms with Crippen molar-refractivity contribution in [3.63, 3.8) is 0 Å². The summed E-state index contributed by atoms with van der Waals surface area (Å²) < 4.78 is 0. The van der Waals surface area contributed by atoms with E-state index in [2.05, 4.69) is 33.8 Å². The second kappa shape index (κ2) is 6.16. The minimum absolute atomic E-state index is 0.200. The molecule has 0 saturated carbocycles. The highest BCUT2D eigenvalue weighted by molar-refractivity contribution is 5.40. The van der Waals surface area contributed by atoms with Crippen molar-refractivity contribution in [2.45, 2.75) is 26.3 Å². The van der Waals surface area contributed by atoms with Crippen molar-refractivity contribution in [3.05, 3.63) is 23.9 Å². The molecular formula is C14H24N4. The van der Waals surface area contributed by atoms with Crippen molar-refractivity contribution in [1.29, 1.82) is 0 Å². The van der Waals surface area contributed by atoms with Crippen molar-refractivity contribution >= 4 is 5.82 Å². The molecule has 1 aliphatic heterocycles. The van der Waals surface area contributed by atoms with E-state index in [1.54, 1.807) is 0 Å². The van der Waals surface area contributed by atoms with E-state index in [9.17, 15) is 0 Å². The molecule has 2 heterocycles. The molecule has 0 aromatic carbocycles. The average Bonchev–Trinajstić information content (AvgIpc) is 2.39. The van der Waals surface area contributed by atoms with Crippen molar-refractivity contribution < 1.29 is 0 Å². The molecule has 0 spiro atoms. The zero-order valence-corrected chi connectivity index (χ0v) is 11.5. The summed E-state index contributed by atoms with van der Waals surface area (Å²) >= 11 is 0. The number of nitrogens with two attached hydrogens (primary N) is 1. The molecule has 0 radical (unpaired) electrons. The first kappa shape index (κ1) is 13.3. The molecule has 1 aromatic heterocycles. The number of anilines is 1. The first-order valence-electron chi connectivity index (χ1n) is 6.87. The molecule has 0 amide bonds. The van der Waals surface area contributed by atoms with E-state index in [-0.39, 0.29) is 6.04 Å². The van der Waals surface area contributed by atoms with Crippen molar-refractivity contribution in [3.8, 4) is 0 Å². The Bertz CT molecular complexity index is 353. The van der Waals surface area contributed by atoms with Crippen LogP contribution in [0.25, 0.3) is 0 Å².